The predicted molar refractivity (Wildman–Crippen MR) is 68.7 cm³/mol. The lowest BCUT2D eigenvalue weighted by molar-refractivity contribution is -0.206. The van der Waals surface area contributed by atoms with Crippen LogP contribution in [0.15, 0.2) is 12.1 Å². The molecule has 0 aliphatic carbocycles. The summed E-state index contributed by atoms with van der Waals surface area (Å²) in [6.07, 6.45) is 2.50. The van der Waals surface area contributed by atoms with Gasteiger partial charge in [0.05, 0.1) is 13.2 Å². The van der Waals surface area contributed by atoms with Gasteiger partial charge in [-0.05, 0) is 18.6 Å². The van der Waals surface area contributed by atoms with Gasteiger partial charge in [0.2, 0.25) is 0 Å². The Kier molecular flexibility index (Phi) is 5.05. The van der Waals surface area contributed by atoms with Gasteiger partial charge in [-0.3, -0.25) is 0 Å². The molecule has 0 radical (unpaired) electrons. The van der Waals surface area contributed by atoms with E-state index in [2.05, 4.69) is 6.92 Å². The van der Waals surface area contributed by atoms with E-state index in [0.29, 0.717) is 19.1 Å². The summed E-state index contributed by atoms with van der Waals surface area (Å²) in [4.78, 5) is 0. The van der Waals surface area contributed by atoms with E-state index in [1.165, 1.54) is 6.07 Å². The lowest BCUT2D eigenvalue weighted by Gasteiger charge is -2.29. The van der Waals surface area contributed by atoms with Crippen LogP contribution >= 0.6 is 0 Å². The number of nitrogens with zero attached hydrogens (tertiary/aromatic N) is 1. The van der Waals surface area contributed by atoms with E-state index < -0.39 is 23.5 Å². The summed E-state index contributed by atoms with van der Waals surface area (Å²) in [6, 6.07) is 3.68. The van der Waals surface area contributed by atoms with E-state index in [4.69, 9.17) is 14.7 Å². The van der Waals surface area contributed by atoms with E-state index in [1.54, 1.807) is 0 Å². The van der Waals surface area contributed by atoms with Crippen molar-refractivity contribution >= 4 is 0 Å². The highest BCUT2D eigenvalue weighted by molar-refractivity contribution is 5.35. The summed E-state index contributed by atoms with van der Waals surface area (Å²) in [6.45, 7) is 3.16. The molecule has 1 aromatic rings. The summed E-state index contributed by atoms with van der Waals surface area (Å²) < 4.78 is 38.1. The highest BCUT2D eigenvalue weighted by Gasteiger charge is 2.25. The molecule has 1 fully saturated rings. The fraction of sp³-hybridized carbons (Fsp3) is 0.533. The van der Waals surface area contributed by atoms with Gasteiger partial charge in [-0.2, -0.15) is 5.26 Å². The lowest BCUT2D eigenvalue weighted by Crippen LogP contribution is -2.27. The lowest BCUT2D eigenvalue weighted by atomic mass is 10.0. The number of halogens is 2. The Bertz CT molecular complexity index is 482. The number of nitriles is 1. The summed E-state index contributed by atoms with van der Waals surface area (Å²) in [5.74, 6) is -1.44. The van der Waals surface area contributed by atoms with Gasteiger partial charge in [-0.1, -0.05) is 19.8 Å². The molecule has 0 atom stereocenters. The first-order chi connectivity index (χ1) is 9.65. The Balaban J connectivity index is 2.02. The fourth-order valence-electron chi connectivity index (χ4n) is 2.23. The van der Waals surface area contributed by atoms with Crippen LogP contribution in [0.25, 0.3) is 0 Å². The van der Waals surface area contributed by atoms with Crippen molar-refractivity contribution in [1.82, 2.24) is 0 Å². The molecule has 108 valence electrons. The molecule has 0 amide bonds. The zero-order chi connectivity index (χ0) is 14.5. The van der Waals surface area contributed by atoms with Crippen LogP contribution in [0, 0.1) is 28.9 Å². The Labute approximate surface area is 117 Å². The molecule has 0 spiro atoms. The molecular weight excluding hydrogens is 264 g/mol. The van der Waals surface area contributed by atoms with Gasteiger partial charge in [-0.25, -0.2) is 8.78 Å². The molecule has 1 aromatic carbocycles. The summed E-state index contributed by atoms with van der Waals surface area (Å²) in [5.41, 5.74) is -0.307. The van der Waals surface area contributed by atoms with Gasteiger partial charge in [-0.15, -0.1) is 0 Å². The van der Waals surface area contributed by atoms with Gasteiger partial charge >= 0.3 is 0 Å². The number of hydrogen-bond donors (Lipinski definition) is 0. The largest absolute Gasteiger partial charge is 0.348 e. The van der Waals surface area contributed by atoms with Crippen LogP contribution in [0.4, 0.5) is 8.78 Å². The molecule has 2 rings (SSSR count). The second kappa shape index (κ2) is 6.78. The van der Waals surface area contributed by atoms with Crippen LogP contribution in [0.5, 0.6) is 0 Å². The third-order valence-electron chi connectivity index (χ3n) is 3.38. The van der Waals surface area contributed by atoms with Gasteiger partial charge in [0.25, 0.3) is 0 Å². The van der Waals surface area contributed by atoms with Crippen LogP contribution in [0.2, 0.25) is 0 Å². The van der Waals surface area contributed by atoms with Gasteiger partial charge < -0.3 is 9.47 Å². The van der Waals surface area contributed by atoms with Crippen molar-refractivity contribution in [3.8, 4) is 6.07 Å². The monoisotopic (exact) mass is 281 g/mol. The maximum absolute atomic E-state index is 13.5. The minimum Gasteiger partial charge on any atom is -0.348 e. The minimum atomic E-state index is -0.886. The first-order valence-corrected chi connectivity index (χ1v) is 6.78. The van der Waals surface area contributed by atoms with E-state index >= 15 is 0 Å². The third-order valence-corrected chi connectivity index (χ3v) is 3.38. The molecule has 0 bridgehead atoms. The quantitative estimate of drug-likeness (QED) is 0.845. The average Bonchev–Trinajstić information content (AvgIpc) is 2.45. The van der Waals surface area contributed by atoms with E-state index in [1.807, 2.05) is 0 Å². The Hall–Kier alpha value is -1.51. The maximum Gasteiger partial charge on any atom is 0.184 e. The molecule has 20 heavy (non-hydrogen) atoms. The zero-order valence-corrected chi connectivity index (χ0v) is 11.4. The van der Waals surface area contributed by atoms with Crippen molar-refractivity contribution in [3.05, 3.63) is 34.9 Å². The number of unbranched alkanes of at least 4 members (excludes halogenated alkanes) is 1. The standard InChI is InChI=1S/C15H17F2NO2/c1-2-3-4-10-8-19-15(20-9-10)11-5-13(16)12(7-18)14(17)6-11/h5-6,10,15H,2-4,8-9H2,1H3. The number of ether oxygens (including phenoxy) is 2. The third kappa shape index (κ3) is 3.33. The molecule has 5 heteroatoms. The highest BCUT2D eigenvalue weighted by Crippen LogP contribution is 2.29. The van der Waals surface area contributed by atoms with Crippen LogP contribution in [0.1, 0.15) is 43.6 Å². The van der Waals surface area contributed by atoms with Crippen molar-refractivity contribution in [3.63, 3.8) is 0 Å². The van der Waals surface area contributed by atoms with Crippen LogP contribution in [-0.4, -0.2) is 13.2 Å². The van der Waals surface area contributed by atoms with Crippen molar-refractivity contribution in [2.24, 2.45) is 5.92 Å². The summed E-state index contributed by atoms with van der Waals surface area (Å²) >= 11 is 0. The average molecular weight is 281 g/mol. The maximum atomic E-state index is 13.5. The molecule has 0 N–H and O–H groups in total. The normalized spacial score (nSPS) is 22.5. The van der Waals surface area contributed by atoms with Gasteiger partial charge in [0.1, 0.15) is 23.3 Å². The predicted octanol–water partition coefficient (Wildman–Crippen LogP) is 3.69. The Morgan fingerprint density at radius 3 is 2.35 bits per heavy atom. The molecule has 0 saturated carbocycles. The summed E-state index contributed by atoms with van der Waals surface area (Å²) in [7, 11) is 0. The number of rotatable bonds is 4. The van der Waals surface area contributed by atoms with Crippen molar-refractivity contribution in [2.45, 2.75) is 32.5 Å². The van der Waals surface area contributed by atoms with Crippen LogP contribution < -0.4 is 0 Å². The molecule has 0 unspecified atom stereocenters. The van der Waals surface area contributed by atoms with E-state index in [9.17, 15) is 8.78 Å². The smallest absolute Gasteiger partial charge is 0.184 e. The minimum absolute atomic E-state index is 0.271. The molecule has 1 saturated heterocycles. The van der Waals surface area contributed by atoms with Crippen molar-refractivity contribution in [1.29, 1.82) is 5.26 Å². The molecule has 3 nitrogen and oxygen atoms in total. The molecule has 1 heterocycles. The molecule has 0 aromatic heterocycles. The SMILES string of the molecule is CCCCC1COC(c2cc(F)c(C#N)c(F)c2)OC1. The first-order valence-electron chi connectivity index (χ1n) is 6.78. The van der Waals surface area contributed by atoms with Crippen molar-refractivity contribution < 1.29 is 18.3 Å². The fourth-order valence-corrected chi connectivity index (χ4v) is 2.23. The second-order valence-corrected chi connectivity index (χ2v) is 4.98. The Morgan fingerprint density at radius 2 is 1.85 bits per heavy atom. The highest BCUT2D eigenvalue weighted by atomic mass is 19.1. The van der Waals surface area contributed by atoms with E-state index in [0.717, 1.165) is 31.4 Å². The van der Waals surface area contributed by atoms with Gasteiger partial charge in [0.15, 0.2) is 6.29 Å². The Morgan fingerprint density at radius 1 is 1.25 bits per heavy atom. The first kappa shape index (κ1) is 14.9. The van der Waals surface area contributed by atoms with Crippen LogP contribution in [-0.2, 0) is 9.47 Å². The molecule has 1 aliphatic rings. The number of hydrogen-bond acceptors (Lipinski definition) is 3. The summed E-state index contributed by atoms with van der Waals surface area (Å²) in [5, 5.41) is 8.63. The van der Waals surface area contributed by atoms with Crippen molar-refractivity contribution in [2.75, 3.05) is 13.2 Å². The number of benzene rings is 1. The van der Waals surface area contributed by atoms with Gasteiger partial charge in [0, 0.05) is 11.5 Å². The van der Waals surface area contributed by atoms with Crippen LogP contribution in [0.3, 0.4) is 0 Å². The molecular formula is C15H17F2NO2. The zero-order valence-electron chi connectivity index (χ0n) is 11.4. The van der Waals surface area contributed by atoms with E-state index in [-0.39, 0.29) is 5.56 Å². The molecule has 1 aliphatic heterocycles. The topological polar surface area (TPSA) is 42.2 Å². The second-order valence-electron chi connectivity index (χ2n) is 4.98.